The maximum atomic E-state index is 11.9. The molecular formula is C20H25N3O3. The first-order valence-electron chi connectivity index (χ1n) is 8.36. The van der Waals surface area contributed by atoms with Gasteiger partial charge in [-0.1, -0.05) is 29.4 Å². The lowest BCUT2D eigenvalue weighted by Crippen LogP contribution is -2.27. The summed E-state index contributed by atoms with van der Waals surface area (Å²) in [7, 11) is 5.65. The van der Waals surface area contributed by atoms with Crippen molar-refractivity contribution in [3.63, 3.8) is 0 Å². The number of methoxy groups -OCH3 is 1. The van der Waals surface area contributed by atoms with Crippen LogP contribution in [0.5, 0.6) is 5.75 Å². The van der Waals surface area contributed by atoms with Crippen LogP contribution in [0.15, 0.2) is 53.7 Å². The van der Waals surface area contributed by atoms with Gasteiger partial charge in [-0.2, -0.15) is 0 Å². The molecule has 0 heterocycles. The Morgan fingerprint density at radius 1 is 1.12 bits per heavy atom. The molecule has 0 radical (unpaired) electrons. The van der Waals surface area contributed by atoms with Gasteiger partial charge in [0.15, 0.2) is 6.61 Å². The first kappa shape index (κ1) is 19.5. The number of ether oxygens (including phenoxy) is 1. The molecule has 0 unspecified atom stereocenters. The molecule has 0 aliphatic heterocycles. The minimum Gasteiger partial charge on any atom is -0.497 e. The number of oxime groups is 1. The van der Waals surface area contributed by atoms with Gasteiger partial charge in [0, 0.05) is 13.1 Å². The Labute approximate surface area is 154 Å². The van der Waals surface area contributed by atoms with E-state index in [2.05, 4.69) is 21.4 Å². The number of rotatable bonds is 9. The maximum absolute atomic E-state index is 11.9. The van der Waals surface area contributed by atoms with E-state index < -0.39 is 0 Å². The minimum absolute atomic E-state index is 0.123. The van der Waals surface area contributed by atoms with E-state index in [1.54, 1.807) is 13.3 Å². The van der Waals surface area contributed by atoms with Gasteiger partial charge in [0.25, 0.3) is 5.91 Å². The summed E-state index contributed by atoms with van der Waals surface area (Å²) in [6.07, 6.45) is 1.55. The monoisotopic (exact) mass is 355 g/mol. The van der Waals surface area contributed by atoms with Crippen LogP contribution in [0.4, 0.5) is 0 Å². The van der Waals surface area contributed by atoms with Gasteiger partial charge in [-0.05, 0) is 55.1 Å². The van der Waals surface area contributed by atoms with Gasteiger partial charge in [0.05, 0.1) is 13.3 Å². The molecule has 2 aromatic rings. The normalized spacial score (nSPS) is 10.9. The Morgan fingerprint density at radius 3 is 2.46 bits per heavy atom. The molecule has 6 heteroatoms. The van der Waals surface area contributed by atoms with Crippen molar-refractivity contribution in [1.29, 1.82) is 0 Å². The highest BCUT2D eigenvalue weighted by molar-refractivity contribution is 5.80. The van der Waals surface area contributed by atoms with Crippen molar-refractivity contribution in [2.75, 3.05) is 27.8 Å². The number of benzene rings is 2. The number of carbonyl (C=O) groups excluding carboxylic acids is 1. The van der Waals surface area contributed by atoms with Crippen LogP contribution in [0.3, 0.4) is 0 Å². The number of nitrogens with one attached hydrogen (secondary N) is 1. The van der Waals surface area contributed by atoms with E-state index in [0.717, 1.165) is 23.4 Å². The van der Waals surface area contributed by atoms with Crippen LogP contribution in [0, 0.1) is 0 Å². The van der Waals surface area contributed by atoms with Gasteiger partial charge in [-0.25, -0.2) is 0 Å². The van der Waals surface area contributed by atoms with Crippen LogP contribution >= 0.6 is 0 Å². The van der Waals surface area contributed by atoms with E-state index >= 15 is 0 Å². The molecule has 0 aliphatic rings. The second-order valence-electron chi connectivity index (χ2n) is 6.06. The van der Waals surface area contributed by atoms with Crippen molar-refractivity contribution in [3.8, 4) is 5.75 Å². The van der Waals surface area contributed by atoms with E-state index in [1.165, 1.54) is 5.56 Å². The standard InChI is InChI=1S/C20H25N3O3/c1-23(2)14-18-7-5-4-6-17(18)13-21-20(24)15-26-22-12-16-8-10-19(25-3)11-9-16/h4-12H,13-15H2,1-3H3,(H,21,24)/b22-12-. The molecule has 0 saturated carbocycles. The second kappa shape index (κ2) is 10.2. The van der Waals surface area contributed by atoms with E-state index in [9.17, 15) is 4.79 Å². The zero-order valence-electron chi connectivity index (χ0n) is 15.4. The molecule has 0 aliphatic carbocycles. The van der Waals surface area contributed by atoms with Crippen LogP contribution in [0.25, 0.3) is 0 Å². The fourth-order valence-electron chi connectivity index (χ4n) is 2.35. The molecule has 2 rings (SSSR count). The van der Waals surface area contributed by atoms with Gasteiger partial charge < -0.3 is 19.8 Å². The number of nitrogens with zero attached hydrogens (tertiary/aromatic N) is 2. The summed E-state index contributed by atoms with van der Waals surface area (Å²) in [6.45, 7) is 1.17. The van der Waals surface area contributed by atoms with Crippen LogP contribution in [0.1, 0.15) is 16.7 Å². The number of amides is 1. The summed E-state index contributed by atoms with van der Waals surface area (Å²) in [5, 5.41) is 6.67. The average Bonchev–Trinajstić information content (AvgIpc) is 2.64. The predicted molar refractivity (Wildman–Crippen MR) is 102 cm³/mol. The molecule has 1 N–H and O–H groups in total. The lowest BCUT2D eigenvalue weighted by Gasteiger charge is -2.14. The van der Waals surface area contributed by atoms with Crippen molar-refractivity contribution in [1.82, 2.24) is 10.2 Å². The van der Waals surface area contributed by atoms with Gasteiger partial charge in [0.1, 0.15) is 5.75 Å². The van der Waals surface area contributed by atoms with Crippen LogP contribution in [-0.2, 0) is 22.7 Å². The fourth-order valence-corrected chi connectivity index (χ4v) is 2.35. The molecule has 26 heavy (non-hydrogen) atoms. The Balaban J connectivity index is 1.76. The van der Waals surface area contributed by atoms with Crippen molar-refractivity contribution in [2.24, 2.45) is 5.16 Å². The van der Waals surface area contributed by atoms with Gasteiger partial charge in [-0.3, -0.25) is 4.79 Å². The van der Waals surface area contributed by atoms with Crippen LogP contribution in [0.2, 0.25) is 0 Å². The number of hydrogen-bond donors (Lipinski definition) is 1. The van der Waals surface area contributed by atoms with Gasteiger partial charge in [0.2, 0.25) is 0 Å². The first-order valence-corrected chi connectivity index (χ1v) is 8.36. The zero-order chi connectivity index (χ0) is 18.8. The largest absolute Gasteiger partial charge is 0.497 e. The molecule has 2 aromatic carbocycles. The third kappa shape index (κ3) is 6.57. The van der Waals surface area contributed by atoms with Crippen molar-refractivity contribution in [3.05, 3.63) is 65.2 Å². The molecule has 6 nitrogen and oxygen atoms in total. The zero-order valence-corrected chi connectivity index (χ0v) is 15.4. The fraction of sp³-hybridized carbons (Fsp3) is 0.300. The third-order valence-corrected chi connectivity index (χ3v) is 3.67. The van der Waals surface area contributed by atoms with E-state index in [4.69, 9.17) is 9.57 Å². The minimum atomic E-state index is -0.212. The molecule has 0 atom stereocenters. The van der Waals surface area contributed by atoms with Crippen molar-refractivity contribution in [2.45, 2.75) is 13.1 Å². The van der Waals surface area contributed by atoms with Crippen LogP contribution in [-0.4, -0.2) is 44.8 Å². The smallest absolute Gasteiger partial charge is 0.261 e. The van der Waals surface area contributed by atoms with Crippen LogP contribution < -0.4 is 10.1 Å². The van der Waals surface area contributed by atoms with E-state index in [0.29, 0.717) is 6.54 Å². The third-order valence-electron chi connectivity index (χ3n) is 3.67. The highest BCUT2D eigenvalue weighted by atomic mass is 16.6. The summed E-state index contributed by atoms with van der Waals surface area (Å²) < 4.78 is 5.09. The van der Waals surface area contributed by atoms with E-state index in [-0.39, 0.29) is 12.5 Å². The summed E-state index contributed by atoms with van der Waals surface area (Å²) in [5.74, 6) is 0.563. The average molecular weight is 355 g/mol. The van der Waals surface area contributed by atoms with Gasteiger partial charge >= 0.3 is 0 Å². The Kier molecular flexibility index (Phi) is 7.64. The number of hydrogen-bond acceptors (Lipinski definition) is 5. The first-order chi connectivity index (χ1) is 12.6. The Morgan fingerprint density at radius 2 is 1.81 bits per heavy atom. The van der Waals surface area contributed by atoms with Gasteiger partial charge in [-0.15, -0.1) is 0 Å². The number of carbonyl (C=O) groups is 1. The summed E-state index contributed by atoms with van der Waals surface area (Å²) in [6, 6.07) is 15.4. The molecule has 0 bridgehead atoms. The highest BCUT2D eigenvalue weighted by Gasteiger charge is 2.06. The highest BCUT2D eigenvalue weighted by Crippen LogP contribution is 2.11. The topological polar surface area (TPSA) is 63.2 Å². The predicted octanol–water partition coefficient (Wildman–Crippen LogP) is 2.42. The Bertz CT molecular complexity index is 727. The maximum Gasteiger partial charge on any atom is 0.261 e. The van der Waals surface area contributed by atoms with Crippen molar-refractivity contribution < 1.29 is 14.4 Å². The van der Waals surface area contributed by atoms with E-state index in [1.807, 2.05) is 56.6 Å². The molecule has 0 spiro atoms. The second-order valence-corrected chi connectivity index (χ2v) is 6.06. The summed E-state index contributed by atoms with van der Waals surface area (Å²) in [5.41, 5.74) is 3.15. The molecule has 0 saturated heterocycles. The molecule has 1 amide bonds. The SMILES string of the molecule is COc1ccc(/C=N\OCC(=O)NCc2ccccc2CN(C)C)cc1. The molecule has 0 aromatic heterocycles. The van der Waals surface area contributed by atoms with Crippen molar-refractivity contribution >= 4 is 12.1 Å². The molecular weight excluding hydrogens is 330 g/mol. The lowest BCUT2D eigenvalue weighted by atomic mass is 10.1. The molecule has 138 valence electrons. The lowest BCUT2D eigenvalue weighted by molar-refractivity contribution is -0.125. The quantitative estimate of drug-likeness (QED) is 0.554. The summed E-state index contributed by atoms with van der Waals surface area (Å²) >= 11 is 0. The molecule has 0 fully saturated rings. The Hall–Kier alpha value is -2.86. The summed E-state index contributed by atoms with van der Waals surface area (Å²) in [4.78, 5) is 19.1.